The normalized spacial score (nSPS) is 20.2. The van der Waals surface area contributed by atoms with E-state index < -0.39 is 17.2 Å². The van der Waals surface area contributed by atoms with Crippen LogP contribution in [0.4, 0.5) is 18.3 Å². The first-order valence-electron chi connectivity index (χ1n) is 7.31. The fourth-order valence-corrected chi connectivity index (χ4v) is 3.75. The van der Waals surface area contributed by atoms with Gasteiger partial charge in [0.05, 0.1) is 18.5 Å². The summed E-state index contributed by atoms with van der Waals surface area (Å²) in [5.74, 6) is 0. The lowest BCUT2D eigenvalue weighted by molar-refractivity contribution is -0.134. The van der Waals surface area contributed by atoms with Gasteiger partial charge in [-0.1, -0.05) is 11.3 Å². The average Bonchev–Trinajstić information content (AvgIpc) is 3.15. The van der Waals surface area contributed by atoms with Crippen LogP contribution in [0, 0.1) is 0 Å². The zero-order valence-corrected chi connectivity index (χ0v) is 13.3. The molecular weight excluding hydrogens is 329 g/mol. The maximum atomic E-state index is 12.7. The van der Waals surface area contributed by atoms with E-state index in [1.54, 1.807) is 24.1 Å². The highest BCUT2D eigenvalue weighted by Gasteiger charge is 2.36. The van der Waals surface area contributed by atoms with Crippen molar-refractivity contribution in [3.8, 4) is 0 Å². The Labute approximate surface area is 135 Å². The quantitative estimate of drug-likeness (QED) is 0.925. The molecule has 23 heavy (non-hydrogen) atoms. The zero-order chi connectivity index (χ0) is 16.6. The SMILES string of the molecule is Cn1cc(C(O)CC2CCCN2c2ncc(C(F)(F)F)s2)cn1. The third-order valence-electron chi connectivity index (χ3n) is 4.00. The van der Waals surface area contributed by atoms with Crippen LogP contribution in [-0.2, 0) is 13.2 Å². The molecule has 2 aromatic rings. The lowest BCUT2D eigenvalue weighted by Gasteiger charge is -2.25. The van der Waals surface area contributed by atoms with Crippen molar-refractivity contribution in [1.29, 1.82) is 0 Å². The second-order valence-corrected chi connectivity index (χ2v) is 6.70. The summed E-state index contributed by atoms with van der Waals surface area (Å²) in [5, 5.41) is 14.7. The monoisotopic (exact) mass is 346 g/mol. The Kier molecular flexibility index (Phi) is 4.33. The molecule has 0 amide bonds. The Bertz CT molecular complexity index is 669. The van der Waals surface area contributed by atoms with Crippen molar-refractivity contribution in [2.24, 2.45) is 7.05 Å². The van der Waals surface area contributed by atoms with Gasteiger partial charge in [0.1, 0.15) is 4.88 Å². The molecule has 1 N–H and O–H groups in total. The molecule has 1 saturated heterocycles. The second kappa shape index (κ2) is 6.12. The number of hydrogen-bond donors (Lipinski definition) is 1. The van der Waals surface area contributed by atoms with Crippen LogP contribution in [0.1, 0.15) is 35.8 Å². The largest absolute Gasteiger partial charge is 0.427 e. The van der Waals surface area contributed by atoms with E-state index in [1.165, 1.54) is 0 Å². The van der Waals surface area contributed by atoms with Gasteiger partial charge < -0.3 is 10.0 Å². The summed E-state index contributed by atoms with van der Waals surface area (Å²) in [6.45, 7) is 0.662. The van der Waals surface area contributed by atoms with Crippen LogP contribution < -0.4 is 4.90 Å². The summed E-state index contributed by atoms with van der Waals surface area (Å²) in [7, 11) is 1.77. The number of alkyl halides is 3. The van der Waals surface area contributed by atoms with Crippen molar-refractivity contribution < 1.29 is 18.3 Å². The van der Waals surface area contributed by atoms with Gasteiger partial charge in [-0.2, -0.15) is 18.3 Å². The Morgan fingerprint density at radius 2 is 2.22 bits per heavy atom. The van der Waals surface area contributed by atoms with E-state index in [0.717, 1.165) is 24.6 Å². The van der Waals surface area contributed by atoms with Crippen LogP contribution >= 0.6 is 11.3 Å². The maximum absolute atomic E-state index is 12.7. The van der Waals surface area contributed by atoms with E-state index in [1.807, 2.05) is 4.90 Å². The molecule has 0 aliphatic carbocycles. The first kappa shape index (κ1) is 16.3. The molecule has 0 saturated carbocycles. The lowest BCUT2D eigenvalue weighted by atomic mass is 10.0. The fourth-order valence-electron chi connectivity index (χ4n) is 2.87. The molecule has 1 aliphatic rings. The molecule has 3 heterocycles. The summed E-state index contributed by atoms with van der Waals surface area (Å²) >= 11 is 0.660. The highest BCUT2D eigenvalue weighted by atomic mass is 32.1. The van der Waals surface area contributed by atoms with Gasteiger partial charge in [-0.15, -0.1) is 0 Å². The van der Waals surface area contributed by atoms with Crippen molar-refractivity contribution in [1.82, 2.24) is 14.8 Å². The second-order valence-electron chi connectivity index (χ2n) is 5.69. The predicted molar refractivity (Wildman–Crippen MR) is 80.3 cm³/mol. The molecule has 2 unspecified atom stereocenters. The molecule has 2 aromatic heterocycles. The molecule has 0 spiro atoms. The number of aromatic nitrogens is 3. The van der Waals surface area contributed by atoms with Gasteiger partial charge in [0.2, 0.25) is 0 Å². The third-order valence-corrected chi connectivity index (χ3v) is 5.08. The van der Waals surface area contributed by atoms with Crippen molar-refractivity contribution in [3.63, 3.8) is 0 Å². The minimum absolute atomic E-state index is 0.0163. The van der Waals surface area contributed by atoms with Gasteiger partial charge in [0.15, 0.2) is 5.13 Å². The van der Waals surface area contributed by atoms with E-state index >= 15 is 0 Å². The maximum Gasteiger partial charge on any atom is 0.427 e. The highest BCUT2D eigenvalue weighted by Crippen LogP contribution is 2.39. The number of aliphatic hydroxyl groups is 1. The van der Waals surface area contributed by atoms with E-state index in [9.17, 15) is 18.3 Å². The average molecular weight is 346 g/mol. The molecule has 9 heteroatoms. The molecule has 0 bridgehead atoms. The smallest absolute Gasteiger partial charge is 0.388 e. The van der Waals surface area contributed by atoms with E-state index in [-0.39, 0.29) is 6.04 Å². The first-order valence-corrected chi connectivity index (χ1v) is 8.12. The predicted octanol–water partition coefficient (Wildman–Crippen LogP) is 2.99. The van der Waals surface area contributed by atoms with Gasteiger partial charge in [0, 0.05) is 31.4 Å². The topological polar surface area (TPSA) is 54.2 Å². The molecule has 0 radical (unpaired) electrons. The van der Waals surface area contributed by atoms with Gasteiger partial charge in [-0.25, -0.2) is 4.98 Å². The van der Waals surface area contributed by atoms with Gasteiger partial charge in [0.25, 0.3) is 0 Å². The number of hydrogen-bond acceptors (Lipinski definition) is 5. The van der Waals surface area contributed by atoms with Crippen molar-refractivity contribution in [2.75, 3.05) is 11.4 Å². The summed E-state index contributed by atoms with van der Waals surface area (Å²) in [6.07, 6.45) is 1.35. The van der Waals surface area contributed by atoms with Gasteiger partial charge in [-0.3, -0.25) is 4.68 Å². The lowest BCUT2D eigenvalue weighted by Crippen LogP contribution is -2.30. The molecule has 1 aliphatic heterocycles. The summed E-state index contributed by atoms with van der Waals surface area (Å²) < 4.78 is 39.8. The van der Waals surface area contributed by atoms with Crippen LogP contribution in [0.25, 0.3) is 0 Å². The first-order chi connectivity index (χ1) is 10.8. The minimum atomic E-state index is -4.36. The molecule has 126 valence electrons. The zero-order valence-electron chi connectivity index (χ0n) is 12.5. The Morgan fingerprint density at radius 1 is 1.43 bits per heavy atom. The van der Waals surface area contributed by atoms with Crippen molar-refractivity contribution in [3.05, 3.63) is 29.0 Å². The number of aryl methyl sites for hydroxylation is 1. The Morgan fingerprint density at radius 3 is 2.83 bits per heavy atom. The van der Waals surface area contributed by atoms with E-state index in [2.05, 4.69) is 10.1 Å². The fraction of sp³-hybridized carbons (Fsp3) is 0.571. The van der Waals surface area contributed by atoms with E-state index in [0.29, 0.717) is 29.4 Å². The summed E-state index contributed by atoms with van der Waals surface area (Å²) in [4.78, 5) is 5.11. The summed E-state index contributed by atoms with van der Waals surface area (Å²) in [5.41, 5.74) is 0.717. The van der Waals surface area contributed by atoms with Gasteiger partial charge in [-0.05, 0) is 19.3 Å². The number of aliphatic hydroxyl groups excluding tert-OH is 1. The number of halogens is 3. The molecule has 5 nitrogen and oxygen atoms in total. The highest BCUT2D eigenvalue weighted by molar-refractivity contribution is 7.15. The number of nitrogens with zero attached hydrogens (tertiary/aromatic N) is 4. The molecule has 3 rings (SSSR count). The molecule has 0 aromatic carbocycles. The molecular formula is C14H17F3N4OS. The van der Waals surface area contributed by atoms with Crippen molar-refractivity contribution in [2.45, 2.75) is 37.6 Å². The van der Waals surface area contributed by atoms with Crippen LogP contribution in [0.5, 0.6) is 0 Å². The van der Waals surface area contributed by atoms with Crippen LogP contribution in [0.15, 0.2) is 18.6 Å². The number of thiazole rings is 1. The Hall–Kier alpha value is -1.61. The van der Waals surface area contributed by atoms with Gasteiger partial charge >= 0.3 is 6.18 Å². The Balaban J connectivity index is 1.71. The number of rotatable bonds is 4. The van der Waals surface area contributed by atoms with Crippen LogP contribution in [-0.4, -0.2) is 32.5 Å². The summed E-state index contributed by atoms with van der Waals surface area (Å²) in [6, 6.07) is -0.0163. The van der Waals surface area contributed by atoms with E-state index in [4.69, 9.17) is 0 Å². The molecule has 2 atom stereocenters. The number of anilines is 1. The minimum Gasteiger partial charge on any atom is -0.388 e. The van der Waals surface area contributed by atoms with Crippen LogP contribution in [0.3, 0.4) is 0 Å². The standard InChI is InChI=1S/C14H17F3N4OS/c1-20-8-9(6-19-20)11(22)5-10-3-2-4-21(10)13-18-7-12(23-13)14(15,16)17/h6-8,10-11,22H,2-5H2,1H3. The molecule has 1 fully saturated rings. The van der Waals surface area contributed by atoms with Crippen LogP contribution in [0.2, 0.25) is 0 Å². The van der Waals surface area contributed by atoms with Crippen molar-refractivity contribution >= 4 is 16.5 Å². The third kappa shape index (κ3) is 3.50.